The number of benzene rings is 4. The van der Waals surface area contributed by atoms with E-state index in [2.05, 4.69) is 33.6 Å². The third kappa shape index (κ3) is 10.6. The molecule has 4 aromatic carbocycles. The summed E-state index contributed by atoms with van der Waals surface area (Å²) >= 11 is 0. The predicted octanol–water partition coefficient (Wildman–Crippen LogP) is 7.85. The SMILES string of the molecule is C=CC(=O)OCCCCCCOc1ccc(C(=O)Oc2ccc(-c3ccc(OOC(=O)C=C)cc3)cc2/C=N/Nc2nc3ccccc3o2)cc1. The van der Waals surface area contributed by atoms with E-state index in [0.29, 0.717) is 46.9 Å². The zero-order chi connectivity index (χ0) is 35.8. The molecule has 0 radical (unpaired) electrons. The number of nitrogens with zero attached hydrogens (tertiary/aromatic N) is 2. The zero-order valence-electron chi connectivity index (χ0n) is 27.6. The molecule has 0 amide bonds. The Morgan fingerprint density at radius 1 is 0.784 bits per heavy atom. The van der Waals surface area contributed by atoms with Gasteiger partial charge >= 0.3 is 23.9 Å². The molecule has 0 unspecified atom stereocenters. The van der Waals surface area contributed by atoms with Gasteiger partial charge in [-0.3, -0.25) is 4.89 Å². The summed E-state index contributed by atoms with van der Waals surface area (Å²) in [6, 6.07) is 26.3. The molecule has 260 valence electrons. The van der Waals surface area contributed by atoms with E-state index >= 15 is 0 Å². The second kappa shape index (κ2) is 18.2. The fraction of sp³-hybridized carbons (Fsp3) is 0.154. The molecule has 0 aliphatic carbocycles. The van der Waals surface area contributed by atoms with Crippen LogP contribution < -0.4 is 19.8 Å². The maximum absolute atomic E-state index is 13.2. The van der Waals surface area contributed by atoms with Crippen LogP contribution >= 0.6 is 0 Å². The standard InChI is InChI=1S/C39H35N3O9/c1-3-36(43)47-24-10-6-5-9-23-46-31-18-15-28(16-19-31)38(45)48-34-22-17-29(27-13-20-32(21-14-27)50-51-37(44)4-2)25-30(34)26-40-42-39-41-33-11-7-8-12-35(33)49-39/h3-4,7-8,11-22,25-26H,1-2,5-6,9-10,23-24H2,(H,41,42)/b40-26+. The van der Waals surface area contributed by atoms with E-state index in [0.717, 1.165) is 49.0 Å². The molecule has 0 aliphatic rings. The lowest BCUT2D eigenvalue weighted by molar-refractivity contribution is -0.207. The summed E-state index contributed by atoms with van der Waals surface area (Å²) in [4.78, 5) is 49.6. The third-order valence-electron chi connectivity index (χ3n) is 7.25. The number of unbranched alkanes of at least 4 members (excludes halogenated alkanes) is 3. The van der Waals surface area contributed by atoms with Crippen molar-refractivity contribution >= 4 is 41.2 Å². The molecule has 5 aromatic rings. The van der Waals surface area contributed by atoms with Crippen molar-refractivity contribution in [1.29, 1.82) is 0 Å². The molecule has 51 heavy (non-hydrogen) atoms. The Hall–Kier alpha value is -6.69. The molecule has 0 saturated heterocycles. The summed E-state index contributed by atoms with van der Waals surface area (Å²) in [7, 11) is 0. The van der Waals surface area contributed by atoms with Crippen molar-refractivity contribution in [3.8, 4) is 28.4 Å². The minimum absolute atomic E-state index is 0.198. The summed E-state index contributed by atoms with van der Waals surface area (Å²) in [5, 5.41) is 4.29. The van der Waals surface area contributed by atoms with E-state index < -0.39 is 17.9 Å². The summed E-state index contributed by atoms with van der Waals surface area (Å²) in [6.45, 7) is 7.59. The molecule has 0 fully saturated rings. The number of carbonyl (C=O) groups excluding carboxylic acids is 3. The van der Waals surface area contributed by atoms with Crippen LogP contribution in [0.15, 0.2) is 126 Å². The smallest absolute Gasteiger partial charge is 0.378 e. The van der Waals surface area contributed by atoms with E-state index in [4.69, 9.17) is 23.5 Å². The average molecular weight is 690 g/mol. The molecule has 0 aliphatic heterocycles. The maximum atomic E-state index is 13.2. The second-order valence-corrected chi connectivity index (χ2v) is 10.9. The molecule has 5 rings (SSSR count). The first kappa shape index (κ1) is 35.6. The molecule has 12 heteroatoms. The number of hydrogen-bond acceptors (Lipinski definition) is 12. The number of nitrogens with one attached hydrogen (secondary N) is 1. The fourth-order valence-corrected chi connectivity index (χ4v) is 4.65. The summed E-state index contributed by atoms with van der Waals surface area (Å²) in [6.07, 6.45) is 7.10. The van der Waals surface area contributed by atoms with Crippen LogP contribution in [0, 0.1) is 0 Å². The number of fused-ring (bicyclic) bond motifs is 1. The predicted molar refractivity (Wildman–Crippen MR) is 191 cm³/mol. The lowest BCUT2D eigenvalue weighted by atomic mass is 10.0. The van der Waals surface area contributed by atoms with Gasteiger partial charge in [0.2, 0.25) is 0 Å². The normalized spacial score (nSPS) is 10.7. The average Bonchev–Trinajstić information content (AvgIpc) is 3.58. The summed E-state index contributed by atoms with van der Waals surface area (Å²) < 4.78 is 22.3. The Kier molecular flexibility index (Phi) is 12.7. The fourth-order valence-electron chi connectivity index (χ4n) is 4.65. The van der Waals surface area contributed by atoms with Crippen LogP contribution in [0.5, 0.6) is 17.2 Å². The van der Waals surface area contributed by atoms with Gasteiger partial charge in [-0.25, -0.2) is 24.7 Å². The first-order chi connectivity index (χ1) is 24.9. The minimum atomic E-state index is -0.714. The van der Waals surface area contributed by atoms with Crippen LogP contribution in [0.3, 0.4) is 0 Å². The molecule has 1 heterocycles. The quantitative estimate of drug-likeness (QED) is 0.0182. The van der Waals surface area contributed by atoms with E-state index in [-0.39, 0.29) is 11.8 Å². The molecule has 0 bridgehead atoms. The Balaban J connectivity index is 1.23. The monoisotopic (exact) mass is 689 g/mol. The Morgan fingerprint density at radius 3 is 2.24 bits per heavy atom. The number of ether oxygens (including phenoxy) is 3. The highest BCUT2D eigenvalue weighted by Gasteiger charge is 2.14. The Labute approximate surface area is 293 Å². The van der Waals surface area contributed by atoms with Crippen LogP contribution in [-0.2, 0) is 19.2 Å². The van der Waals surface area contributed by atoms with Crippen molar-refractivity contribution < 1.29 is 42.8 Å². The number of rotatable bonds is 18. The molecular weight excluding hydrogens is 654 g/mol. The van der Waals surface area contributed by atoms with Gasteiger partial charge in [-0.2, -0.15) is 10.1 Å². The van der Waals surface area contributed by atoms with Crippen molar-refractivity contribution in [3.63, 3.8) is 0 Å². The van der Waals surface area contributed by atoms with Crippen LogP contribution in [0.1, 0.15) is 41.6 Å². The summed E-state index contributed by atoms with van der Waals surface area (Å²) in [5.41, 5.74) is 6.48. The van der Waals surface area contributed by atoms with Gasteiger partial charge in [0.15, 0.2) is 11.3 Å². The van der Waals surface area contributed by atoms with E-state index in [1.54, 1.807) is 72.8 Å². The second-order valence-electron chi connectivity index (χ2n) is 10.9. The highest BCUT2D eigenvalue weighted by atomic mass is 17.2. The van der Waals surface area contributed by atoms with Crippen molar-refractivity contribution in [3.05, 3.63) is 127 Å². The number of hydrogen-bond donors (Lipinski definition) is 1. The molecule has 0 spiro atoms. The molecule has 1 N–H and O–H groups in total. The van der Waals surface area contributed by atoms with E-state index in [1.165, 1.54) is 6.21 Å². The van der Waals surface area contributed by atoms with Crippen molar-refractivity contribution in [2.24, 2.45) is 5.10 Å². The lowest BCUT2D eigenvalue weighted by Gasteiger charge is -2.11. The Morgan fingerprint density at radius 2 is 1.49 bits per heavy atom. The number of carbonyl (C=O) groups is 3. The van der Waals surface area contributed by atoms with Crippen LogP contribution in [0.25, 0.3) is 22.2 Å². The summed E-state index contributed by atoms with van der Waals surface area (Å²) in [5.74, 6) is -0.476. The number of aromatic nitrogens is 1. The molecule has 0 atom stereocenters. The molecule has 12 nitrogen and oxygen atoms in total. The lowest BCUT2D eigenvalue weighted by Crippen LogP contribution is -2.10. The number of esters is 2. The van der Waals surface area contributed by atoms with Crippen LogP contribution in [0.2, 0.25) is 0 Å². The Bertz CT molecular complexity index is 1970. The van der Waals surface area contributed by atoms with Crippen molar-refractivity contribution in [1.82, 2.24) is 4.98 Å². The largest absolute Gasteiger partial charge is 0.494 e. The molecule has 1 aromatic heterocycles. The molecular formula is C39H35N3O9. The van der Waals surface area contributed by atoms with Gasteiger partial charge in [0, 0.05) is 17.7 Å². The van der Waals surface area contributed by atoms with Gasteiger partial charge in [0.25, 0.3) is 0 Å². The first-order valence-electron chi connectivity index (χ1n) is 16.1. The highest BCUT2D eigenvalue weighted by Crippen LogP contribution is 2.29. The van der Waals surface area contributed by atoms with Gasteiger partial charge in [0.1, 0.15) is 17.0 Å². The topological polar surface area (TPSA) is 148 Å². The van der Waals surface area contributed by atoms with Crippen molar-refractivity contribution in [2.45, 2.75) is 25.7 Å². The minimum Gasteiger partial charge on any atom is -0.494 e. The van der Waals surface area contributed by atoms with Crippen LogP contribution in [-0.4, -0.2) is 42.3 Å². The van der Waals surface area contributed by atoms with Gasteiger partial charge in [-0.05, 0) is 97.5 Å². The van der Waals surface area contributed by atoms with Gasteiger partial charge in [-0.15, -0.1) is 0 Å². The number of oxazole rings is 1. The van der Waals surface area contributed by atoms with Gasteiger partial charge < -0.3 is 18.6 Å². The zero-order valence-corrected chi connectivity index (χ0v) is 27.6. The van der Waals surface area contributed by atoms with E-state index in [9.17, 15) is 14.4 Å². The van der Waals surface area contributed by atoms with Gasteiger partial charge in [0.05, 0.1) is 25.0 Å². The third-order valence-corrected chi connectivity index (χ3v) is 7.25. The van der Waals surface area contributed by atoms with Crippen molar-refractivity contribution in [2.75, 3.05) is 18.6 Å². The number of anilines is 1. The first-order valence-corrected chi connectivity index (χ1v) is 16.1. The molecule has 0 saturated carbocycles. The number of para-hydroxylation sites is 2. The number of hydrazone groups is 1. The van der Waals surface area contributed by atoms with E-state index in [1.807, 2.05) is 18.2 Å². The van der Waals surface area contributed by atoms with Gasteiger partial charge in [-0.1, -0.05) is 43.5 Å². The maximum Gasteiger partial charge on any atom is 0.378 e. The van der Waals surface area contributed by atoms with Crippen LogP contribution in [0.4, 0.5) is 6.01 Å². The highest BCUT2D eigenvalue weighted by molar-refractivity contribution is 5.94.